The second kappa shape index (κ2) is 8.58. The lowest BCUT2D eigenvalue weighted by atomic mass is 10.2. The van der Waals surface area contributed by atoms with Gasteiger partial charge in [-0.15, -0.1) is 0 Å². The van der Waals surface area contributed by atoms with Crippen LogP contribution in [0.5, 0.6) is 11.5 Å². The van der Waals surface area contributed by atoms with Crippen LogP contribution < -0.4 is 14.8 Å². The minimum absolute atomic E-state index is 0.251. The van der Waals surface area contributed by atoms with Crippen molar-refractivity contribution >= 4 is 29.2 Å². The second-order valence-electron chi connectivity index (χ2n) is 5.57. The summed E-state index contributed by atoms with van der Waals surface area (Å²) >= 11 is 6.04. The van der Waals surface area contributed by atoms with Crippen LogP contribution in [0.15, 0.2) is 36.4 Å². The number of halogens is 1. The monoisotopic (exact) mass is 377 g/mol. The first-order valence-electron chi connectivity index (χ1n) is 7.85. The summed E-state index contributed by atoms with van der Waals surface area (Å²) in [4.78, 5) is 24.5. The van der Waals surface area contributed by atoms with Crippen LogP contribution in [-0.4, -0.2) is 32.2 Å². The van der Waals surface area contributed by atoms with Crippen molar-refractivity contribution in [1.29, 1.82) is 0 Å². The molecule has 7 heteroatoms. The number of benzene rings is 2. The van der Waals surface area contributed by atoms with Crippen molar-refractivity contribution in [2.75, 3.05) is 19.5 Å². The van der Waals surface area contributed by atoms with Crippen LogP contribution in [0.4, 0.5) is 5.69 Å². The zero-order chi connectivity index (χ0) is 19.3. The van der Waals surface area contributed by atoms with Crippen molar-refractivity contribution in [2.24, 2.45) is 0 Å². The molecule has 138 valence electrons. The third-order valence-corrected chi connectivity index (χ3v) is 4.12. The quantitative estimate of drug-likeness (QED) is 0.774. The van der Waals surface area contributed by atoms with Gasteiger partial charge < -0.3 is 19.5 Å². The molecular weight excluding hydrogens is 358 g/mol. The number of nitrogens with one attached hydrogen (secondary N) is 1. The fourth-order valence-corrected chi connectivity index (χ4v) is 2.34. The summed E-state index contributed by atoms with van der Waals surface area (Å²) in [5, 5.41) is 3.20. The zero-order valence-electron chi connectivity index (χ0n) is 15.0. The minimum atomic E-state index is -0.990. The lowest BCUT2D eigenvalue weighted by Gasteiger charge is -2.15. The van der Waals surface area contributed by atoms with E-state index in [-0.39, 0.29) is 5.56 Å². The Kier molecular flexibility index (Phi) is 6.46. The normalized spacial score (nSPS) is 11.4. The molecule has 0 aliphatic rings. The van der Waals surface area contributed by atoms with Crippen molar-refractivity contribution in [3.63, 3.8) is 0 Å². The molecule has 2 aromatic rings. The van der Waals surface area contributed by atoms with Gasteiger partial charge in [0.15, 0.2) is 17.6 Å². The molecule has 2 rings (SSSR count). The fourth-order valence-electron chi connectivity index (χ4n) is 2.16. The fraction of sp³-hybridized carbons (Fsp3) is 0.263. The van der Waals surface area contributed by atoms with Gasteiger partial charge in [-0.2, -0.15) is 0 Å². The molecule has 0 saturated heterocycles. The highest BCUT2D eigenvalue weighted by Crippen LogP contribution is 2.28. The summed E-state index contributed by atoms with van der Waals surface area (Å²) < 4.78 is 15.5. The highest BCUT2D eigenvalue weighted by atomic mass is 35.5. The summed E-state index contributed by atoms with van der Waals surface area (Å²) in [6, 6.07) is 9.77. The van der Waals surface area contributed by atoms with Crippen molar-refractivity contribution < 1.29 is 23.8 Å². The van der Waals surface area contributed by atoms with E-state index in [4.69, 9.17) is 25.8 Å². The van der Waals surface area contributed by atoms with Gasteiger partial charge in [0, 0.05) is 10.7 Å². The molecule has 0 aromatic heterocycles. The number of ether oxygens (including phenoxy) is 3. The van der Waals surface area contributed by atoms with Crippen molar-refractivity contribution in [3.05, 3.63) is 52.5 Å². The number of esters is 1. The van der Waals surface area contributed by atoms with Gasteiger partial charge in [0.25, 0.3) is 5.91 Å². The van der Waals surface area contributed by atoms with Crippen LogP contribution in [0, 0.1) is 6.92 Å². The standard InChI is InChI=1S/C19H20ClNO5/c1-11-5-7-14(10-15(11)20)21-18(22)12(2)26-19(23)13-6-8-16(24-3)17(9-13)25-4/h5-10,12H,1-4H3,(H,21,22)/t12-/m1/s1. The van der Waals surface area contributed by atoms with Gasteiger partial charge in [0.05, 0.1) is 19.8 Å². The molecule has 1 atom stereocenters. The van der Waals surface area contributed by atoms with Crippen LogP contribution in [0.3, 0.4) is 0 Å². The third kappa shape index (κ3) is 4.67. The lowest BCUT2D eigenvalue weighted by Crippen LogP contribution is -2.30. The molecule has 0 unspecified atom stereocenters. The molecule has 26 heavy (non-hydrogen) atoms. The maximum Gasteiger partial charge on any atom is 0.339 e. The molecule has 0 bridgehead atoms. The number of hydrogen-bond donors (Lipinski definition) is 1. The SMILES string of the molecule is COc1ccc(C(=O)O[C@H](C)C(=O)Nc2ccc(C)c(Cl)c2)cc1OC. The Balaban J connectivity index is 2.03. The second-order valence-corrected chi connectivity index (χ2v) is 5.98. The van der Waals surface area contributed by atoms with Crippen LogP contribution in [-0.2, 0) is 9.53 Å². The van der Waals surface area contributed by atoms with E-state index in [1.165, 1.54) is 33.3 Å². The molecule has 0 aliphatic heterocycles. The summed E-state index contributed by atoms with van der Waals surface area (Å²) in [5.41, 5.74) is 1.68. The Morgan fingerprint density at radius 1 is 1.04 bits per heavy atom. The summed E-state index contributed by atoms with van der Waals surface area (Å²) in [6.07, 6.45) is -0.990. The largest absolute Gasteiger partial charge is 0.493 e. The van der Waals surface area contributed by atoms with Gasteiger partial charge >= 0.3 is 5.97 Å². The Labute approximate surface area is 157 Å². The Morgan fingerprint density at radius 3 is 2.35 bits per heavy atom. The van der Waals surface area contributed by atoms with E-state index in [0.29, 0.717) is 22.2 Å². The van der Waals surface area contributed by atoms with Gasteiger partial charge in [-0.05, 0) is 49.7 Å². The van der Waals surface area contributed by atoms with E-state index in [1.54, 1.807) is 24.3 Å². The topological polar surface area (TPSA) is 73.9 Å². The van der Waals surface area contributed by atoms with E-state index >= 15 is 0 Å². The van der Waals surface area contributed by atoms with Gasteiger partial charge in [0.1, 0.15) is 0 Å². The lowest BCUT2D eigenvalue weighted by molar-refractivity contribution is -0.123. The minimum Gasteiger partial charge on any atom is -0.493 e. The molecule has 1 N–H and O–H groups in total. The first-order chi connectivity index (χ1) is 12.3. The van der Waals surface area contributed by atoms with Crippen LogP contribution in [0.2, 0.25) is 5.02 Å². The van der Waals surface area contributed by atoms with Crippen LogP contribution in [0.25, 0.3) is 0 Å². The molecule has 1 amide bonds. The first-order valence-corrected chi connectivity index (χ1v) is 8.23. The molecule has 0 aliphatic carbocycles. The number of amides is 1. The number of rotatable bonds is 6. The molecule has 0 radical (unpaired) electrons. The first kappa shape index (κ1) is 19.6. The van der Waals surface area contributed by atoms with Crippen LogP contribution in [0.1, 0.15) is 22.8 Å². The van der Waals surface area contributed by atoms with E-state index in [0.717, 1.165) is 5.56 Å². The molecule has 6 nitrogen and oxygen atoms in total. The van der Waals surface area contributed by atoms with Crippen LogP contribution >= 0.6 is 11.6 Å². The van der Waals surface area contributed by atoms with Gasteiger partial charge in [-0.1, -0.05) is 17.7 Å². The van der Waals surface area contributed by atoms with Gasteiger partial charge in [0.2, 0.25) is 0 Å². The molecule has 2 aromatic carbocycles. The van der Waals surface area contributed by atoms with Crippen molar-refractivity contribution in [1.82, 2.24) is 0 Å². The number of carbonyl (C=O) groups excluding carboxylic acids is 2. The maximum absolute atomic E-state index is 12.3. The van der Waals surface area contributed by atoms with Crippen molar-refractivity contribution in [2.45, 2.75) is 20.0 Å². The molecule has 0 fully saturated rings. The zero-order valence-corrected chi connectivity index (χ0v) is 15.7. The number of methoxy groups -OCH3 is 2. The molecular formula is C19H20ClNO5. The molecule has 0 spiro atoms. The maximum atomic E-state index is 12.3. The average Bonchev–Trinajstić information content (AvgIpc) is 2.63. The van der Waals surface area contributed by atoms with E-state index in [9.17, 15) is 9.59 Å². The smallest absolute Gasteiger partial charge is 0.339 e. The Hall–Kier alpha value is -2.73. The summed E-state index contributed by atoms with van der Waals surface area (Å²) in [5.74, 6) is -0.214. The number of aryl methyl sites for hydroxylation is 1. The van der Waals surface area contributed by atoms with Gasteiger partial charge in [-0.25, -0.2) is 4.79 Å². The summed E-state index contributed by atoms with van der Waals surface area (Å²) in [6.45, 7) is 3.35. The predicted octanol–water partition coefficient (Wildman–Crippen LogP) is 3.85. The Morgan fingerprint density at radius 2 is 1.73 bits per heavy atom. The molecule has 0 heterocycles. The third-order valence-electron chi connectivity index (χ3n) is 3.71. The predicted molar refractivity (Wildman–Crippen MR) is 99.2 cm³/mol. The number of anilines is 1. The summed E-state index contributed by atoms with van der Waals surface area (Å²) in [7, 11) is 2.97. The van der Waals surface area contributed by atoms with E-state index < -0.39 is 18.0 Å². The van der Waals surface area contributed by atoms with E-state index in [1.807, 2.05) is 6.92 Å². The Bertz CT molecular complexity index is 822. The number of carbonyl (C=O) groups is 2. The molecule has 0 saturated carbocycles. The average molecular weight is 378 g/mol. The van der Waals surface area contributed by atoms with Gasteiger partial charge in [-0.3, -0.25) is 4.79 Å². The highest BCUT2D eigenvalue weighted by Gasteiger charge is 2.20. The van der Waals surface area contributed by atoms with Crippen molar-refractivity contribution in [3.8, 4) is 11.5 Å². The highest BCUT2D eigenvalue weighted by molar-refractivity contribution is 6.31. The van der Waals surface area contributed by atoms with E-state index in [2.05, 4.69) is 5.32 Å². The number of hydrogen-bond acceptors (Lipinski definition) is 5.